The number of hydrogen-bond acceptors (Lipinski definition) is 4. The summed E-state index contributed by atoms with van der Waals surface area (Å²) in [6.07, 6.45) is 0.0692. The number of benzene rings is 2. The fraction of sp³-hybridized carbons (Fsp3) is 0.211. The van der Waals surface area contributed by atoms with Crippen molar-refractivity contribution in [2.45, 2.75) is 12.3 Å². The van der Waals surface area contributed by atoms with Gasteiger partial charge in [-0.2, -0.15) is 10.5 Å². The van der Waals surface area contributed by atoms with Crippen LogP contribution in [0.3, 0.4) is 0 Å². The van der Waals surface area contributed by atoms with E-state index in [4.69, 9.17) is 16.3 Å². The van der Waals surface area contributed by atoms with E-state index in [0.29, 0.717) is 16.3 Å². The third-order valence-electron chi connectivity index (χ3n) is 3.80. The first-order valence-electron chi connectivity index (χ1n) is 7.31. The second-order valence-electron chi connectivity index (χ2n) is 5.25. The molecular formula is C19H15ClN2O2. The zero-order valence-electron chi connectivity index (χ0n) is 13.1. The van der Waals surface area contributed by atoms with Crippen LogP contribution in [0.5, 0.6) is 5.75 Å². The molecule has 2 rings (SSSR count). The van der Waals surface area contributed by atoms with Crippen LogP contribution in [0.4, 0.5) is 0 Å². The van der Waals surface area contributed by atoms with Gasteiger partial charge in [0.1, 0.15) is 11.7 Å². The molecule has 0 heterocycles. The van der Waals surface area contributed by atoms with Crippen LogP contribution >= 0.6 is 11.6 Å². The molecule has 0 aliphatic heterocycles. The molecule has 0 aliphatic rings. The molecule has 0 spiro atoms. The van der Waals surface area contributed by atoms with Crippen LogP contribution in [0.15, 0.2) is 48.5 Å². The predicted octanol–water partition coefficient (Wildman–Crippen LogP) is 4.37. The number of hydrogen-bond donors (Lipinski definition) is 0. The van der Waals surface area contributed by atoms with E-state index in [2.05, 4.69) is 0 Å². The smallest absolute Gasteiger partial charge is 0.163 e. The largest absolute Gasteiger partial charge is 0.497 e. The van der Waals surface area contributed by atoms with Crippen LogP contribution in [0.1, 0.15) is 28.3 Å². The van der Waals surface area contributed by atoms with Crippen molar-refractivity contribution in [2.75, 3.05) is 7.11 Å². The second kappa shape index (κ2) is 8.15. The summed E-state index contributed by atoms with van der Waals surface area (Å²) in [7, 11) is 1.56. The van der Waals surface area contributed by atoms with Gasteiger partial charge in [-0.3, -0.25) is 4.79 Å². The van der Waals surface area contributed by atoms with Gasteiger partial charge < -0.3 is 4.74 Å². The highest BCUT2D eigenvalue weighted by atomic mass is 35.5. The average molecular weight is 339 g/mol. The molecule has 0 radical (unpaired) electrons. The van der Waals surface area contributed by atoms with Gasteiger partial charge in [0.2, 0.25) is 0 Å². The van der Waals surface area contributed by atoms with Crippen LogP contribution < -0.4 is 4.74 Å². The number of carbonyl (C=O) groups is 1. The first-order chi connectivity index (χ1) is 11.6. The molecule has 0 aromatic heterocycles. The Balaban J connectivity index is 2.29. The standard InChI is InChI=1S/C19H15ClN2O2/c1-24-17-8-4-13(5-9-17)18(15(11-21)12-22)10-19(23)14-2-6-16(20)7-3-14/h2-9,15,18H,10H2,1H3/t18-/m1/s1. The maximum atomic E-state index is 12.5. The molecule has 2 aromatic carbocycles. The minimum atomic E-state index is -0.908. The number of rotatable bonds is 6. The van der Waals surface area contributed by atoms with E-state index in [0.717, 1.165) is 5.56 Å². The lowest BCUT2D eigenvalue weighted by atomic mass is 9.83. The molecule has 0 N–H and O–H groups in total. The van der Waals surface area contributed by atoms with Crippen molar-refractivity contribution < 1.29 is 9.53 Å². The van der Waals surface area contributed by atoms with Gasteiger partial charge in [-0.05, 0) is 42.0 Å². The quantitative estimate of drug-likeness (QED) is 0.733. The van der Waals surface area contributed by atoms with Crippen LogP contribution in [0, 0.1) is 28.6 Å². The van der Waals surface area contributed by atoms with E-state index in [9.17, 15) is 15.3 Å². The molecule has 0 aliphatic carbocycles. The van der Waals surface area contributed by atoms with Crippen LogP contribution in [0.2, 0.25) is 5.02 Å². The van der Waals surface area contributed by atoms with Crippen molar-refractivity contribution in [3.8, 4) is 17.9 Å². The fourth-order valence-electron chi connectivity index (χ4n) is 2.44. The summed E-state index contributed by atoms with van der Waals surface area (Å²) in [4.78, 5) is 12.5. The summed E-state index contributed by atoms with van der Waals surface area (Å²) >= 11 is 5.83. The summed E-state index contributed by atoms with van der Waals surface area (Å²) in [6.45, 7) is 0. The molecule has 5 heteroatoms. The average Bonchev–Trinajstić information content (AvgIpc) is 2.62. The van der Waals surface area contributed by atoms with Gasteiger partial charge in [0.15, 0.2) is 5.78 Å². The SMILES string of the molecule is COc1ccc([C@@H](CC(=O)c2ccc(Cl)cc2)C(C#N)C#N)cc1. The van der Waals surface area contributed by atoms with Gasteiger partial charge in [-0.25, -0.2) is 0 Å². The molecule has 0 amide bonds. The van der Waals surface area contributed by atoms with Gasteiger partial charge in [0.25, 0.3) is 0 Å². The molecule has 24 heavy (non-hydrogen) atoms. The number of carbonyl (C=O) groups excluding carboxylic acids is 1. The Hall–Kier alpha value is -2.82. The van der Waals surface area contributed by atoms with Gasteiger partial charge in [-0.15, -0.1) is 0 Å². The van der Waals surface area contributed by atoms with E-state index in [1.54, 1.807) is 55.6 Å². The first kappa shape index (κ1) is 17.5. The molecule has 120 valence electrons. The van der Waals surface area contributed by atoms with Crippen LogP contribution in [-0.2, 0) is 0 Å². The number of halogens is 1. The maximum absolute atomic E-state index is 12.5. The lowest BCUT2D eigenvalue weighted by Gasteiger charge is -2.17. The van der Waals surface area contributed by atoms with Gasteiger partial charge in [0.05, 0.1) is 19.2 Å². The Labute approximate surface area is 145 Å². The zero-order chi connectivity index (χ0) is 17.5. The van der Waals surface area contributed by atoms with E-state index in [1.807, 2.05) is 12.1 Å². The molecule has 0 saturated heterocycles. The van der Waals surface area contributed by atoms with E-state index >= 15 is 0 Å². The summed E-state index contributed by atoms with van der Waals surface area (Å²) in [5.74, 6) is -0.876. The van der Waals surface area contributed by atoms with Crippen molar-refractivity contribution in [3.05, 3.63) is 64.7 Å². The third kappa shape index (κ3) is 4.13. The van der Waals surface area contributed by atoms with Crippen molar-refractivity contribution >= 4 is 17.4 Å². The minimum Gasteiger partial charge on any atom is -0.497 e. The summed E-state index contributed by atoms with van der Waals surface area (Å²) in [6, 6.07) is 17.6. The van der Waals surface area contributed by atoms with Gasteiger partial charge >= 0.3 is 0 Å². The number of nitrogens with zero attached hydrogens (tertiary/aromatic N) is 2. The Morgan fingerprint density at radius 1 is 1.08 bits per heavy atom. The predicted molar refractivity (Wildman–Crippen MR) is 90.9 cm³/mol. The Bertz CT molecular complexity index is 772. The molecule has 4 nitrogen and oxygen atoms in total. The molecular weight excluding hydrogens is 324 g/mol. The highest BCUT2D eigenvalue weighted by Crippen LogP contribution is 2.30. The maximum Gasteiger partial charge on any atom is 0.163 e. The van der Waals surface area contributed by atoms with Crippen molar-refractivity contribution in [2.24, 2.45) is 5.92 Å². The van der Waals surface area contributed by atoms with Gasteiger partial charge in [0, 0.05) is 22.9 Å². The summed E-state index contributed by atoms with van der Waals surface area (Å²) in [5.41, 5.74) is 1.26. The second-order valence-corrected chi connectivity index (χ2v) is 5.69. The number of Topliss-reactive ketones (excluding diaryl/α,β-unsaturated/α-hetero) is 1. The number of ketones is 1. The van der Waals surface area contributed by atoms with E-state index in [1.165, 1.54) is 0 Å². The summed E-state index contributed by atoms with van der Waals surface area (Å²) in [5, 5.41) is 19.1. The number of methoxy groups -OCH3 is 1. The van der Waals surface area contributed by atoms with Crippen molar-refractivity contribution in [1.29, 1.82) is 10.5 Å². The molecule has 0 unspecified atom stereocenters. The molecule has 1 atom stereocenters. The number of ether oxygens (including phenoxy) is 1. The van der Waals surface area contributed by atoms with E-state index in [-0.39, 0.29) is 12.2 Å². The van der Waals surface area contributed by atoms with Crippen molar-refractivity contribution in [3.63, 3.8) is 0 Å². The highest BCUT2D eigenvalue weighted by molar-refractivity contribution is 6.30. The van der Waals surface area contributed by atoms with Crippen LogP contribution in [0.25, 0.3) is 0 Å². The highest BCUT2D eigenvalue weighted by Gasteiger charge is 2.26. The van der Waals surface area contributed by atoms with Crippen molar-refractivity contribution in [1.82, 2.24) is 0 Å². The zero-order valence-corrected chi connectivity index (χ0v) is 13.8. The normalized spacial score (nSPS) is 11.4. The van der Waals surface area contributed by atoms with Crippen LogP contribution in [-0.4, -0.2) is 12.9 Å². The first-order valence-corrected chi connectivity index (χ1v) is 7.68. The topological polar surface area (TPSA) is 73.9 Å². The molecule has 2 aromatic rings. The third-order valence-corrected chi connectivity index (χ3v) is 4.05. The lowest BCUT2D eigenvalue weighted by molar-refractivity contribution is 0.0971. The fourth-order valence-corrected chi connectivity index (χ4v) is 2.57. The monoisotopic (exact) mass is 338 g/mol. The Morgan fingerprint density at radius 2 is 1.67 bits per heavy atom. The molecule has 0 bridgehead atoms. The summed E-state index contributed by atoms with van der Waals surface area (Å²) < 4.78 is 5.11. The number of nitriles is 2. The molecule has 0 saturated carbocycles. The van der Waals surface area contributed by atoms with Gasteiger partial charge in [-0.1, -0.05) is 23.7 Å². The lowest BCUT2D eigenvalue weighted by Crippen LogP contribution is -2.15. The Kier molecular flexibility index (Phi) is 5.95. The Morgan fingerprint density at radius 3 is 2.17 bits per heavy atom. The van der Waals surface area contributed by atoms with E-state index < -0.39 is 11.8 Å². The molecule has 0 fully saturated rings. The minimum absolute atomic E-state index is 0.0692.